The van der Waals surface area contributed by atoms with Gasteiger partial charge in [0.1, 0.15) is 0 Å². The van der Waals surface area contributed by atoms with Gasteiger partial charge in [-0.25, -0.2) is 0 Å². The number of H-pyrrole nitrogens is 1. The predicted molar refractivity (Wildman–Crippen MR) is 65.7 cm³/mol. The highest BCUT2D eigenvalue weighted by Gasteiger charge is 2.07. The van der Waals surface area contributed by atoms with Crippen LogP contribution >= 0.6 is 27.5 Å². The number of rotatable bonds is 2. The zero-order valence-electron chi connectivity index (χ0n) is 8.00. The van der Waals surface area contributed by atoms with Crippen molar-refractivity contribution in [3.63, 3.8) is 0 Å². The molecule has 4 nitrogen and oxygen atoms in total. The van der Waals surface area contributed by atoms with Crippen molar-refractivity contribution in [3.8, 4) is 0 Å². The van der Waals surface area contributed by atoms with E-state index in [1.807, 2.05) is 0 Å². The van der Waals surface area contributed by atoms with Gasteiger partial charge in [0.05, 0.1) is 16.8 Å². The van der Waals surface area contributed by atoms with Gasteiger partial charge in [0.15, 0.2) is 0 Å². The Kier molecular flexibility index (Phi) is 3.26. The number of nitrogens with zero attached hydrogens (tertiary/aromatic N) is 1. The Morgan fingerprint density at radius 3 is 2.94 bits per heavy atom. The van der Waals surface area contributed by atoms with E-state index in [0.717, 1.165) is 4.47 Å². The van der Waals surface area contributed by atoms with Crippen molar-refractivity contribution in [2.24, 2.45) is 0 Å². The van der Waals surface area contributed by atoms with Crippen LogP contribution in [0.15, 0.2) is 35.1 Å². The van der Waals surface area contributed by atoms with Gasteiger partial charge < -0.3 is 5.32 Å². The summed E-state index contributed by atoms with van der Waals surface area (Å²) >= 11 is 9.13. The first-order valence-corrected chi connectivity index (χ1v) is 5.59. The molecule has 0 saturated heterocycles. The van der Waals surface area contributed by atoms with E-state index in [4.69, 9.17) is 11.6 Å². The number of carbonyl (C=O) groups is 1. The van der Waals surface area contributed by atoms with Gasteiger partial charge >= 0.3 is 0 Å². The van der Waals surface area contributed by atoms with Crippen LogP contribution in [0.1, 0.15) is 10.4 Å². The summed E-state index contributed by atoms with van der Waals surface area (Å²) in [4.78, 5) is 11.7. The first-order chi connectivity index (χ1) is 7.66. The van der Waals surface area contributed by atoms with Crippen molar-refractivity contribution < 1.29 is 4.79 Å². The zero-order chi connectivity index (χ0) is 11.5. The molecule has 1 aromatic heterocycles. The van der Waals surface area contributed by atoms with E-state index in [1.54, 1.807) is 18.2 Å². The topological polar surface area (TPSA) is 57.8 Å². The van der Waals surface area contributed by atoms with Crippen LogP contribution in [-0.2, 0) is 0 Å². The Bertz CT molecular complexity index is 513. The molecule has 82 valence electrons. The molecule has 0 radical (unpaired) electrons. The SMILES string of the molecule is O=C(Nc1ccc(Cl)c(Br)c1)c1cn[nH]c1. The molecule has 2 N–H and O–H groups in total. The number of hydrogen-bond acceptors (Lipinski definition) is 2. The fourth-order valence-corrected chi connectivity index (χ4v) is 1.65. The highest BCUT2D eigenvalue weighted by Crippen LogP contribution is 2.25. The Labute approximate surface area is 105 Å². The summed E-state index contributed by atoms with van der Waals surface area (Å²) in [6.45, 7) is 0. The molecule has 1 heterocycles. The average Bonchev–Trinajstić information content (AvgIpc) is 2.77. The number of amides is 1. The number of aromatic nitrogens is 2. The molecule has 0 fully saturated rings. The van der Waals surface area contributed by atoms with Crippen LogP contribution in [0.25, 0.3) is 0 Å². The summed E-state index contributed by atoms with van der Waals surface area (Å²) in [7, 11) is 0. The number of benzene rings is 1. The van der Waals surface area contributed by atoms with E-state index in [0.29, 0.717) is 16.3 Å². The van der Waals surface area contributed by atoms with Gasteiger partial charge in [0.2, 0.25) is 0 Å². The molecule has 6 heteroatoms. The molecule has 0 unspecified atom stereocenters. The standard InChI is InChI=1S/C10H7BrClN3O/c11-8-3-7(1-2-9(8)12)15-10(16)6-4-13-14-5-6/h1-5H,(H,13,14)(H,15,16). The molecule has 1 aromatic carbocycles. The van der Waals surface area contributed by atoms with Gasteiger partial charge in [-0.05, 0) is 34.1 Å². The third kappa shape index (κ3) is 2.43. The fraction of sp³-hybridized carbons (Fsp3) is 0. The first kappa shape index (κ1) is 11.2. The third-order valence-electron chi connectivity index (χ3n) is 1.94. The van der Waals surface area contributed by atoms with E-state index in [-0.39, 0.29) is 5.91 Å². The van der Waals surface area contributed by atoms with Crippen molar-refractivity contribution in [3.05, 3.63) is 45.7 Å². The molecule has 16 heavy (non-hydrogen) atoms. The monoisotopic (exact) mass is 299 g/mol. The second-order valence-corrected chi connectivity index (χ2v) is 4.33. The zero-order valence-corrected chi connectivity index (χ0v) is 10.3. The van der Waals surface area contributed by atoms with Crippen LogP contribution in [0.5, 0.6) is 0 Å². The highest BCUT2D eigenvalue weighted by molar-refractivity contribution is 9.10. The van der Waals surface area contributed by atoms with Gasteiger partial charge in [-0.3, -0.25) is 9.89 Å². The Morgan fingerprint density at radius 1 is 1.50 bits per heavy atom. The molecule has 1 amide bonds. The number of aromatic amines is 1. The molecular weight excluding hydrogens is 293 g/mol. The molecule has 0 aliphatic rings. The molecule has 2 aromatic rings. The maximum atomic E-state index is 11.7. The van der Waals surface area contributed by atoms with Gasteiger partial charge in [-0.15, -0.1) is 0 Å². The summed E-state index contributed by atoms with van der Waals surface area (Å²) in [5.74, 6) is -0.219. The van der Waals surface area contributed by atoms with Crippen LogP contribution in [-0.4, -0.2) is 16.1 Å². The quantitative estimate of drug-likeness (QED) is 0.895. The van der Waals surface area contributed by atoms with Gasteiger partial charge in [-0.2, -0.15) is 5.10 Å². The highest BCUT2D eigenvalue weighted by atomic mass is 79.9. The smallest absolute Gasteiger partial charge is 0.258 e. The van der Waals surface area contributed by atoms with E-state index in [2.05, 4.69) is 31.4 Å². The molecule has 0 saturated carbocycles. The van der Waals surface area contributed by atoms with Crippen molar-refractivity contribution in [2.75, 3.05) is 5.32 Å². The average molecular weight is 301 g/mol. The number of carbonyl (C=O) groups excluding carboxylic acids is 1. The first-order valence-electron chi connectivity index (χ1n) is 4.42. The summed E-state index contributed by atoms with van der Waals surface area (Å²) in [6, 6.07) is 5.17. The largest absolute Gasteiger partial charge is 0.322 e. The Hall–Kier alpha value is -1.33. The second kappa shape index (κ2) is 4.67. The minimum absolute atomic E-state index is 0.219. The molecular formula is C10H7BrClN3O. The molecule has 0 spiro atoms. The Balaban J connectivity index is 2.15. The van der Waals surface area contributed by atoms with E-state index >= 15 is 0 Å². The molecule has 0 bridgehead atoms. The Morgan fingerprint density at radius 2 is 2.31 bits per heavy atom. The van der Waals surface area contributed by atoms with Crippen LogP contribution in [0.4, 0.5) is 5.69 Å². The third-order valence-corrected chi connectivity index (χ3v) is 3.15. The summed E-state index contributed by atoms with van der Waals surface area (Å²) < 4.78 is 0.735. The van der Waals surface area contributed by atoms with Crippen molar-refractivity contribution in [2.45, 2.75) is 0 Å². The minimum Gasteiger partial charge on any atom is -0.322 e. The van der Waals surface area contributed by atoms with Crippen LogP contribution in [0.2, 0.25) is 5.02 Å². The van der Waals surface area contributed by atoms with Crippen LogP contribution in [0.3, 0.4) is 0 Å². The minimum atomic E-state index is -0.219. The lowest BCUT2D eigenvalue weighted by molar-refractivity contribution is 0.102. The van der Waals surface area contributed by atoms with E-state index in [9.17, 15) is 4.79 Å². The fourth-order valence-electron chi connectivity index (χ4n) is 1.15. The van der Waals surface area contributed by atoms with Gasteiger partial charge in [-0.1, -0.05) is 11.6 Å². The lowest BCUT2D eigenvalue weighted by atomic mass is 10.3. The predicted octanol–water partition coefficient (Wildman–Crippen LogP) is 3.08. The maximum absolute atomic E-state index is 11.7. The molecule has 0 atom stereocenters. The van der Waals surface area contributed by atoms with Crippen LogP contribution < -0.4 is 5.32 Å². The molecule has 0 aliphatic heterocycles. The summed E-state index contributed by atoms with van der Waals surface area (Å²) in [5, 5.41) is 9.60. The van der Waals surface area contributed by atoms with E-state index < -0.39 is 0 Å². The number of anilines is 1. The van der Waals surface area contributed by atoms with E-state index in [1.165, 1.54) is 12.4 Å². The molecule has 0 aliphatic carbocycles. The van der Waals surface area contributed by atoms with Crippen molar-refractivity contribution in [1.29, 1.82) is 0 Å². The summed E-state index contributed by atoms with van der Waals surface area (Å²) in [6.07, 6.45) is 2.99. The van der Waals surface area contributed by atoms with Gasteiger partial charge in [0, 0.05) is 16.4 Å². The number of hydrogen-bond donors (Lipinski definition) is 2. The molecule has 2 rings (SSSR count). The number of halogens is 2. The lowest BCUT2D eigenvalue weighted by Crippen LogP contribution is -2.10. The maximum Gasteiger partial charge on any atom is 0.258 e. The number of nitrogens with one attached hydrogen (secondary N) is 2. The lowest BCUT2D eigenvalue weighted by Gasteiger charge is -2.04. The van der Waals surface area contributed by atoms with Crippen LogP contribution in [0, 0.1) is 0 Å². The summed E-state index contributed by atoms with van der Waals surface area (Å²) in [5.41, 5.74) is 1.15. The second-order valence-electron chi connectivity index (χ2n) is 3.07. The normalized spacial score (nSPS) is 10.1. The van der Waals surface area contributed by atoms with Crippen molar-refractivity contribution in [1.82, 2.24) is 10.2 Å². The van der Waals surface area contributed by atoms with Gasteiger partial charge in [0.25, 0.3) is 5.91 Å². The van der Waals surface area contributed by atoms with Crippen molar-refractivity contribution >= 4 is 39.1 Å².